The molecule has 3 unspecified atom stereocenters. The molecule has 0 aromatic heterocycles. The van der Waals surface area contributed by atoms with Crippen molar-refractivity contribution >= 4 is 5.69 Å². The summed E-state index contributed by atoms with van der Waals surface area (Å²) in [6.07, 6.45) is 0.0350. The Balaban J connectivity index is 1.95. The standard InChI is InChI=1S/C16H26N2O2/c1-12-9-18(10-13(2)20-12)11-16(19)14-5-7-15(8-6-14)17(3)4/h5-8,12-13,16,19H,9-11H2,1-4H3. The molecular formula is C16H26N2O2. The molecule has 1 heterocycles. The van der Waals surface area contributed by atoms with Crippen molar-refractivity contribution < 1.29 is 9.84 Å². The lowest BCUT2D eigenvalue weighted by atomic mass is 10.1. The van der Waals surface area contributed by atoms with Gasteiger partial charge in [0.25, 0.3) is 0 Å². The smallest absolute Gasteiger partial charge is 0.0916 e. The van der Waals surface area contributed by atoms with E-state index in [2.05, 4.69) is 23.6 Å². The summed E-state index contributed by atoms with van der Waals surface area (Å²) in [5.41, 5.74) is 2.12. The minimum Gasteiger partial charge on any atom is -0.387 e. The minimum atomic E-state index is -0.441. The second-order valence-corrected chi connectivity index (χ2v) is 5.98. The van der Waals surface area contributed by atoms with E-state index in [9.17, 15) is 5.11 Å². The predicted molar refractivity (Wildman–Crippen MR) is 82.2 cm³/mol. The molecule has 4 heteroatoms. The van der Waals surface area contributed by atoms with Crippen LogP contribution in [0.1, 0.15) is 25.5 Å². The highest BCUT2D eigenvalue weighted by atomic mass is 16.5. The van der Waals surface area contributed by atoms with Crippen molar-refractivity contribution in [2.75, 3.05) is 38.6 Å². The fourth-order valence-corrected chi connectivity index (χ4v) is 2.78. The van der Waals surface area contributed by atoms with Gasteiger partial charge in [-0.1, -0.05) is 12.1 Å². The van der Waals surface area contributed by atoms with Crippen LogP contribution >= 0.6 is 0 Å². The number of anilines is 1. The SMILES string of the molecule is CC1CN(CC(O)c2ccc(N(C)C)cc2)CC(C)O1. The van der Waals surface area contributed by atoms with Crippen LogP contribution in [0.3, 0.4) is 0 Å². The number of β-amino-alcohol motifs (C(OH)–C–C–N with tert-alkyl or cyclic N) is 1. The molecule has 1 N–H and O–H groups in total. The fourth-order valence-electron chi connectivity index (χ4n) is 2.78. The highest BCUT2D eigenvalue weighted by molar-refractivity contribution is 5.46. The van der Waals surface area contributed by atoms with Crippen molar-refractivity contribution in [2.24, 2.45) is 0 Å². The minimum absolute atomic E-state index is 0.238. The molecule has 112 valence electrons. The van der Waals surface area contributed by atoms with E-state index in [0.717, 1.165) is 24.3 Å². The Bertz CT molecular complexity index is 409. The number of rotatable bonds is 4. The van der Waals surface area contributed by atoms with Crippen molar-refractivity contribution in [2.45, 2.75) is 32.2 Å². The van der Waals surface area contributed by atoms with Crippen LogP contribution < -0.4 is 4.90 Å². The molecule has 1 aromatic rings. The summed E-state index contributed by atoms with van der Waals surface area (Å²) in [6.45, 7) is 6.61. The summed E-state index contributed by atoms with van der Waals surface area (Å²) in [4.78, 5) is 4.34. The second-order valence-electron chi connectivity index (χ2n) is 5.98. The third-order valence-corrected chi connectivity index (χ3v) is 3.72. The van der Waals surface area contributed by atoms with Gasteiger partial charge in [0.15, 0.2) is 0 Å². The largest absolute Gasteiger partial charge is 0.387 e. The first-order chi connectivity index (χ1) is 9.45. The van der Waals surface area contributed by atoms with Gasteiger partial charge >= 0.3 is 0 Å². The molecule has 4 nitrogen and oxygen atoms in total. The average Bonchev–Trinajstić information content (AvgIpc) is 2.37. The second kappa shape index (κ2) is 6.57. The van der Waals surface area contributed by atoms with Crippen molar-refractivity contribution in [1.29, 1.82) is 0 Å². The molecule has 0 radical (unpaired) electrons. The quantitative estimate of drug-likeness (QED) is 0.912. The molecule has 0 bridgehead atoms. The molecule has 1 saturated heterocycles. The molecule has 3 atom stereocenters. The maximum atomic E-state index is 10.4. The van der Waals surface area contributed by atoms with E-state index in [1.807, 2.05) is 38.4 Å². The molecule has 0 amide bonds. The van der Waals surface area contributed by atoms with E-state index in [1.165, 1.54) is 0 Å². The topological polar surface area (TPSA) is 35.9 Å². The van der Waals surface area contributed by atoms with Gasteiger partial charge in [0, 0.05) is 39.4 Å². The molecule has 1 aromatic carbocycles. The van der Waals surface area contributed by atoms with Crippen molar-refractivity contribution in [3.63, 3.8) is 0 Å². The Kier molecular flexibility index (Phi) is 5.02. The van der Waals surface area contributed by atoms with E-state index in [0.29, 0.717) is 6.54 Å². The lowest BCUT2D eigenvalue weighted by Crippen LogP contribution is -2.46. The van der Waals surface area contributed by atoms with Gasteiger partial charge in [-0.15, -0.1) is 0 Å². The summed E-state index contributed by atoms with van der Waals surface area (Å²) in [7, 11) is 4.03. The average molecular weight is 278 g/mol. The molecule has 20 heavy (non-hydrogen) atoms. The Morgan fingerprint density at radius 3 is 2.25 bits per heavy atom. The lowest BCUT2D eigenvalue weighted by Gasteiger charge is -2.36. The van der Waals surface area contributed by atoms with Gasteiger partial charge in [-0.25, -0.2) is 0 Å². The van der Waals surface area contributed by atoms with Crippen LogP contribution in [0.2, 0.25) is 0 Å². The van der Waals surface area contributed by atoms with Gasteiger partial charge in [0.2, 0.25) is 0 Å². The number of aliphatic hydroxyl groups is 1. The van der Waals surface area contributed by atoms with Crippen molar-refractivity contribution in [3.8, 4) is 0 Å². The van der Waals surface area contributed by atoms with E-state index in [4.69, 9.17) is 4.74 Å². The van der Waals surface area contributed by atoms with Crippen molar-refractivity contribution in [3.05, 3.63) is 29.8 Å². The maximum absolute atomic E-state index is 10.4. The van der Waals surface area contributed by atoms with Crippen LogP contribution in [-0.4, -0.2) is 55.9 Å². The van der Waals surface area contributed by atoms with E-state index >= 15 is 0 Å². The first-order valence-corrected chi connectivity index (χ1v) is 7.29. The summed E-state index contributed by atoms with van der Waals surface area (Å²) in [5, 5.41) is 10.4. The first-order valence-electron chi connectivity index (χ1n) is 7.29. The molecule has 0 spiro atoms. The monoisotopic (exact) mass is 278 g/mol. The van der Waals surface area contributed by atoms with Crippen LogP contribution in [0.15, 0.2) is 24.3 Å². The van der Waals surface area contributed by atoms with Gasteiger partial charge in [0.1, 0.15) is 0 Å². The number of benzene rings is 1. The summed E-state index contributed by atoms with van der Waals surface area (Å²) in [6, 6.07) is 8.10. The normalized spacial score (nSPS) is 25.4. The van der Waals surface area contributed by atoms with E-state index < -0.39 is 6.10 Å². The molecule has 0 saturated carbocycles. The molecule has 1 fully saturated rings. The summed E-state index contributed by atoms with van der Waals surface area (Å²) < 4.78 is 5.72. The highest BCUT2D eigenvalue weighted by Gasteiger charge is 2.24. The summed E-state index contributed by atoms with van der Waals surface area (Å²) >= 11 is 0. The van der Waals surface area contributed by atoms with Crippen LogP contribution in [0.25, 0.3) is 0 Å². The Morgan fingerprint density at radius 1 is 1.20 bits per heavy atom. The van der Waals surface area contributed by atoms with Crippen LogP contribution in [0.4, 0.5) is 5.69 Å². The fraction of sp³-hybridized carbons (Fsp3) is 0.625. The van der Waals surface area contributed by atoms with Gasteiger partial charge in [0.05, 0.1) is 18.3 Å². The molecule has 0 aliphatic carbocycles. The number of hydrogen-bond acceptors (Lipinski definition) is 4. The zero-order valence-electron chi connectivity index (χ0n) is 12.9. The van der Waals surface area contributed by atoms with Gasteiger partial charge < -0.3 is 14.7 Å². The van der Waals surface area contributed by atoms with E-state index in [1.54, 1.807) is 0 Å². The summed E-state index contributed by atoms with van der Waals surface area (Å²) in [5.74, 6) is 0. The Morgan fingerprint density at radius 2 is 1.75 bits per heavy atom. The molecule has 1 aliphatic heterocycles. The third kappa shape index (κ3) is 3.95. The van der Waals surface area contributed by atoms with Crippen molar-refractivity contribution in [1.82, 2.24) is 4.90 Å². The lowest BCUT2D eigenvalue weighted by molar-refractivity contribution is -0.0767. The first kappa shape index (κ1) is 15.3. The van der Waals surface area contributed by atoms with E-state index in [-0.39, 0.29) is 12.2 Å². The molecular weight excluding hydrogens is 252 g/mol. The van der Waals surface area contributed by atoms with Crippen LogP contribution in [0.5, 0.6) is 0 Å². The molecule has 2 rings (SSSR count). The predicted octanol–water partition coefficient (Wildman–Crippen LogP) is 1.90. The zero-order valence-corrected chi connectivity index (χ0v) is 12.9. The number of ether oxygens (including phenoxy) is 1. The maximum Gasteiger partial charge on any atom is 0.0916 e. The van der Waals surface area contributed by atoms with Crippen LogP contribution in [0, 0.1) is 0 Å². The zero-order chi connectivity index (χ0) is 14.7. The van der Waals surface area contributed by atoms with Gasteiger partial charge in [-0.2, -0.15) is 0 Å². The number of morpholine rings is 1. The number of nitrogens with zero attached hydrogens (tertiary/aromatic N) is 2. The Hall–Kier alpha value is -1.10. The third-order valence-electron chi connectivity index (χ3n) is 3.72. The van der Waals surface area contributed by atoms with Crippen LogP contribution in [-0.2, 0) is 4.74 Å². The number of aliphatic hydroxyl groups excluding tert-OH is 1. The molecule has 1 aliphatic rings. The van der Waals surface area contributed by atoms with Gasteiger partial charge in [-0.3, -0.25) is 4.90 Å². The Labute approximate surface area is 122 Å². The highest BCUT2D eigenvalue weighted by Crippen LogP contribution is 2.20. The van der Waals surface area contributed by atoms with Gasteiger partial charge in [-0.05, 0) is 31.5 Å². The number of hydrogen-bond donors (Lipinski definition) is 1.